The SMILES string of the molecule is CC/C=C\C/C=C\C/C=C\CCCCCCCC(=O)OC(/C=C\C/C=C\C/C=C\CC)CCCCCCCCC(=O)O. The van der Waals surface area contributed by atoms with E-state index in [4.69, 9.17) is 9.84 Å². The molecule has 0 aliphatic carbocycles. The summed E-state index contributed by atoms with van der Waals surface area (Å²) in [5.41, 5.74) is 0. The Labute approximate surface area is 258 Å². The monoisotopic (exact) mass is 582 g/mol. The van der Waals surface area contributed by atoms with Crippen LogP contribution in [0.25, 0.3) is 0 Å². The van der Waals surface area contributed by atoms with Gasteiger partial charge in [0.15, 0.2) is 0 Å². The van der Waals surface area contributed by atoms with E-state index in [9.17, 15) is 9.59 Å². The maximum Gasteiger partial charge on any atom is 0.306 e. The van der Waals surface area contributed by atoms with Gasteiger partial charge in [-0.1, -0.05) is 126 Å². The summed E-state index contributed by atoms with van der Waals surface area (Å²) in [6, 6.07) is 0. The number of carboxylic acid groups (broad SMARTS) is 1. The van der Waals surface area contributed by atoms with Crippen LogP contribution in [0.15, 0.2) is 72.9 Å². The maximum atomic E-state index is 12.5. The first-order valence-corrected chi connectivity index (χ1v) is 16.9. The number of rotatable bonds is 29. The molecule has 1 atom stereocenters. The number of unbranched alkanes of at least 4 members (excludes halogenated alkanes) is 10. The Hall–Kier alpha value is -2.62. The largest absolute Gasteiger partial charge is 0.481 e. The Morgan fingerprint density at radius 1 is 0.548 bits per heavy atom. The fourth-order valence-electron chi connectivity index (χ4n) is 4.48. The zero-order valence-electron chi connectivity index (χ0n) is 27.0. The number of hydrogen-bond acceptors (Lipinski definition) is 3. The highest BCUT2D eigenvalue weighted by Gasteiger charge is 2.11. The molecular weight excluding hydrogens is 520 g/mol. The molecule has 0 fully saturated rings. The second-order valence-corrected chi connectivity index (χ2v) is 10.9. The lowest BCUT2D eigenvalue weighted by atomic mass is 10.1. The van der Waals surface area contributed by atoms with Gasteiger partial charge in [0, 0.05) is 12.8 Å². The van der Waals surface area contributed by atoms with E-state index in [1.165, 1.54) is 19.3 Å². The van der Waals surface area contributed by atoms with Crippen LogP contribution in [0.2, 0.25) is 0 Å². The van der Waals surface area contributed by atoms with Crippen LogP contribution in [0.5, 0.6) is 0 Å². The van der Waals surface area contributed by atoms with Gasteiger partial charge in [-0.15, -0.1) is 0 Å². The van der Waals surface area contributed by atoms with E-state index in [1.54, 1.807) is 0 Å². The number of carboxylic acids is 1. The third-order valence-corrected chi connectivity index (χ3v) is 6.91. The number of hydrogen-bond donors (Lipinski definition) is 1. The molecule has 238 valence electrons. The highest BCUT2D eigenvalue weighted by Crippen LogP contribution is 2.15. The third-order valence-electron chi connectivity index (χ3n) is 6.91. The van der Waals surface area contributed by atoms with E-state index in [2.05, 4.69) is 86.8 Å². The second-order valence-electron chi connectivity index (χ2n) is 10.9. The van der Waals surface area contributed by atoms with Crippen LogP contribution in [0.1, 0.15) is 149 Å². The van der Waals surface area contributed by atoms with Crippen molar-refractivity contribution < 1.29 is 19.4 Å². The minimum absolute atomic E-state index is 0.0836. The summed E-state index contributed by atoms with van der Waals surface area (Å²) in [6.45, 7) is 4.29. The highest BCUT2D eigenvalue weighted by atomic mass is 16.5. The van der Waals surface area contributed by atoms with Crippen molar-refractivity contribution in [2.45, 2.75) is 155 Å². The molecule has 1 N–H and O–H groups in total. The van der Waals surface area contributed by atoms with Gasteiger partial charge >= 0.3 is 11.9 Å². The van der Waals surface area contributed by atoms with E-state index < -0.39 is 5.97 Å². The normalized spacial score (nSPS) is 13.2. The van der Waals surface area contributed by atoms with Crippen molar-refractivity contribution >= 4 is 11.9 Å². The topological polar surface area (TPSA) is 63.6 Å². The zero-order valence-corrected chi connectivity index (χ0v) is 27.0. The quantitative estimate of drug-likeness (QED) is 0.0541. The summed E-state index contributed by atoms with van der Waals surface area (Å²) in [5, 5.41) is 8.74. The summed E-state index contributed by atoms with van der Waals surface area (Å²) in [6.07, 6.45) is 46.4. The highest BCUT2D eigenvalue weighted by molar-refractivity contribution is 5.69. The molecular formula is C38H62O4. The summed E-state index contributed by atoms with van der Waals surface area (Å²) in [7, 11) is 0. The summed E-state index contributed by atoms with van der Waals surface area (Å²) in [4.78, 5) is 23.2. The number of esters is 1. The lowest BCUT2D eigenvalue weighted by Gasteiger charge is -2.14. The molecule has 0 spiro atoms. The lowest BCUT2D eigenvalue weighted by Crippen LogP contribution is -2.16. The molecule has 0 aliphatic rings. The van der Waals surface area contributed by atoms with Crippen LogP contribution in [0, 0.1) is 0 Å². The van der Waals surface area contributed by atoms with Crippen LogP contribution in [-0.2, 0) is 14.3 Å². The van der Waals surface area contributed by atoms with Crippen LogP contribution >= 0.6 is 0 Å². The Morgan fingerprint density at radius 3 is 1.57 bits per heavy atom. The van der Waals surface area contributed by atoms with Gasteiger partial charge in [-0.3, -0.25) is 9.59 Å². The summed E-state index contributed by atoms with van der Waals surface area (Å²) >= 11 is 0. The van der Waals surface area contributed by atoms with E-state index in [1.807, 2.05) is 0 Å². The zero-order chi connectivity index (χ0) is 30.8. The third kappa shape index (κ3) is 31.9. The average molecular weight is 583 g/mol. The van der Waals surface area contributed by atoms with Crippen molar-refractivity contribution in [2.24, 2.45) is 0 Å². The van der Waals surface area contributed by atoms with Crippen LogP contribution in [0.4, 0.5) is 0 Å². The van der Waals surface area contributed by atoms with Gasteiger partial charge in [0.25, 0.3) is 0 Å². The van der Waals surface area contributed by atoms with Crippen molar-refractivity contribution in [2.75, 3.05) is 0 Å². The molecule has 4 heteroatoms. The van der Waals surface area contributed by atoms with E-state index in [0.29, 0.717) is 6.42 Å². The van der Waals surface area contributed by atoms with Crippen molar-refractivity contribution in [1.82, 2.24) is 0 Å². The molecule has 0 heterocycles. The van der Waals surface area contributed by atoms with Crippen LogP contribution < -0.4 is 0 Å². The van der Waals surface area contributed by atoms with Gasteiger partial charge < -0.3 is 9.84 Å². The summed E-state index contributed by atoms with van der Waals surface area (Å²) in [5.74, 6) is -0.795. The molecule has 0 aromatic carbocycles. The molecule has 0 aromatic rings. The lowest BCUT2D eigenvalue weighted by molar-refractivity contribution is -0.147. The van der Waals surface area contributed by atoms with Gasteiger partial charge in [-0.2, -0.15) is 0 Å². The Kier molecular flexibility index (Phi) is 30.8. The number of allylic oxidation sites excluding steroid dienone is 11. The number of carbonyl (C=O) groups excluding carboxylic acids is 1. The second kappa shape index (κ2) is 32.9. The Balaban J connectivity index is 4.19. The molecule has 0 radical (unpaired) electrons. The molecule has 0 aromatic heterocycles. The van der Waals surface area contributed by atoms with Gasteiger partial charge in [0.05, 0.1) is 0 Å². The standard InChI is InChI=1S/C38H62O4/c1-3-5-7-9-11-13-14-15-16-17-18-19-21-27-31-35-38(41)42-36(32-28-24-20-12-10-8-6-4-2)33-29-25-22-23-26-30-34-37(39)40/h5-8,11-13,15-16,20,28,32,36H,3-4,9-10,14,17-19,21-27,29-31,33-35H2,1-2H3,(H,39,40)/b7-5-,8-6-,13-11-,16-15-,20-12-,32-28-. The first kappa shape index (κ1) is 39.4. The molecule has 0 saturated carbocycles. The molecule has 0 amide bonds. The fourth-order valence-corrected chi connectivity index (χ4v) is 4.48. The average Bonchev–Trinajstić information content (AvgIpc) is 2.97. The van der Waals surface area contributed by atoms with E-state index >= 15 is 0 Å². The van der Waals surface area contributed by atoms with Crippen LogP contribution in [0.3, 0.4) is 0 Å². The predicted octanol–water partition coefficient (Wildman–Crippen LogP) is 11.6. The minimum atomic E-state index is -0.711. The molecule has 1 unspecified atom stereocenters. The fraction of sp³-hybridized carbons (Fsp3) is 0.632. The Morgan fingerprint density at radius 2 is 1.00 bits per heavy atom. The smallest absolute Gasteiger partial charge is 0.306 e. The van der Waals surface area contributed by atoms with Crippen LogP contribution in [-0.4, -0.2) is 23.1 Å². The van der Waals surface area contributed by atoms with Crippen molar-refractivity contribution in [3.05, 3.63) is 72.9 Å². The van der Waals surface area contributed by atoms with Gasteiger partial charge in [-0.05, 0) is 83.1 Å². The molecule has 42 heavy (non-hydrogen) atoms. The molecule has 4 nitrogen and oxygen atoms in total. The maximum absolute atomic E-state index is 12.5. The molecule has 0 saturated heterocycles. The van der Waals surface area contributed by atoms with Crippen molar-refractivity contribution in [1.29, 1.82) is 0 Å². The first-order valence-electron chi connectivity index (χ1n) is 16.9. The molecule has 0 bridgehead atoms. The molecule has 0 aliphatic heterocycles. The Bertz CT molecular complexity index is 800. The number of ether oxygens (including phenoxy) is 1. The van der Waals surface area contributed by atoms with Gasteiger partial charge in [0.2, 0.25) is 0 Å². The first-order chi connectivity index (χ1) is 20.6. The van der Waals surface area contributed by atoms with Crippen molar-refractivity contribution in [3.63, 3.8) is 0 Å². The van der Waals surface area contributed by atoms with E-state index in [0.717, 1.165) is 103 Å². The molecule has 0 rings (SSSR count). The van der Waals surface area contributed by atoms with Crippen molar-refractivity contribution in [3.8, 4) is 0 Å². The summed E-state index contributed by atoms with van der Waals surface area (Å²) < 4.78 is 5.86. The van der Waals surface area contributed by atoms with Gasteiger partial charge in [0.1, 0.15) is 6.10 Å². The van der Waals surface area contributed by atoms with Gasteiger partial charge in [-0.25, -0.2) is 0 Å². The number of carbonyl (C=O) groups is 2. The predicted molar refractivity (Wildman–Crippen MR) is 181 cm³/mol. The minimum Gasteiger partial charge on any atom is -0.481 e. The number of aliphatic carboxylic acids is 1. The van der Waals surface area contributed by atoms with E-state index in [-0.39, 0.29) is 18.5 Å².